The number of ketones is 2. The summed E-state index contributed by atoms with van der Waals surface area (Å²) >= 11 is 0. The maximum absolute atomic E-state index is 12.2. The Bertz CT molecular complexity index is 707. The van der Waals surface area contributed by atoms with Crippen LogP contribution < -0.4 is 9.47 Å². The molecule has 0 fully saturated rings. The molecule has 0 atom stereocenters. The van der Waals surface area contributed by atoms with Crippen molar-refractivity contribution in [2.45, 2.75) is 19.3 Å². The Labute approximate surface area is 135 Å². The molecular weight excluding hydrogens is 292 g/mol. The fourth-order valence-corrected chi connectivity index (χ4v) is 2.54. The molecule has 2 aromatic rings. The Balaban J connectivity index is 1.54. The second kappa shape index (κ2) is 7.09. The molecule has 0 aliphatic carbocycles. The van der Waals surface area contributed by atoms with E-state index in [1.54, 1.807) is 30.3 Å². The highest BCUT2D eigenvalue weighted by atomic mass is 16.6. The molecule has 23 heavy (non-hydrogen) atoms. The Hall–Kier alpha value is -2.62. The SMILES string of the molecule is O=C(CCCC(=O)c1ccc2c(c1)OCCO2)c1ccccc1. The molecule has 4 heteroatoms. The van der Waals surface area contributed by atoms with E-state index >= 15 is 0 Å². The van der Waals surface area contributed by atoms with Crippen molar-refractivity contribution < 1.29 is 19.1 Å². The maximum Gasteiger partial charge on any atom is 0.163 e. The molecule has 0 unspecified atom stereocenters. The predicted octanol–water partition coefficient (Wildman–Crippen LogP) is 3.69. The van der Waals surface area contributed by atoms with E-state index in [2.05, 4.69) is 0 Å². The van der Waals surface area contributed by atoms with Gasteiger partial charge in [-0.3, -0.25) is 9.59 Å². The second-order valence-electron chi connectivity index (χ2n) is 5.42. The van der Waals surface area contributed by atoms with Gasteiger partial charge in [-0.05, 0) is 24.6 Å². The highest BCUT2D eigenvalue weighted by Crippen LogP contribution is 2.31. The number of ether oxygens (including phenoxy) is 2. The third-order valence-electron chi connectivity index (χ3n) is 3.77. The molecule has 0 saturated carbocycles. The van der Waals surface area contributed by atoms with E-state index in [1.807, 2.05) is 18.2 Å². The maximum atomic E-state index is 12.2. The van der Waals surface area contributed by atoms with Crippen LogP contribution in [-0.4, -0.2) is 24.8 Å². The number of carbonyl (C=O) groups is 2. The first-order valence-corrected chi connectivity index (χ1v) is 7.75. The van der Waals surface area contributed by atoms with Crippen LogP contribution in [0.4, 0.5) is 0 Å². The summed E-state index contributed by atoms with van der Waals surface area (Å²) in [6.45, 7) is 1.03. The molecule has 0 spiro atoms. The Morgan fingerprint density at radius 3 is 2.17 bits per heavy atom. The number of carbonyl (C=O) groups excluding carboxylic acids is 2. The summed E-state index contributed by atoms with van der Waals surface area (Å²) < 4.78 is 10.9. The van der Waals surface area contributed by atoms with Crippen LogP contribution in [0.5, 0.6) is 11.5 Å². The van der Waals surface area contributed by atoms with Gasteiger partial charge in [-0.15, -0.1) is 0 Å². The van der Waals surface area contributed by atoms with E-state index < -0.39 is 0 Å². The van der Waals surface area contributed by atoms with Crippen LogP contribution in [0.3, 0.4) is 0 Å². The van der Waals surface area contributed by atoms with Gasteiger partial charge < -0.3 is 9.47 Å². The summed E-state index contributed by atoms with van der Waals surface area (Å²) in [5.41, 5.74) is 1.29. The molecular formula is C19H18O4. The fourth-order valence-electron chi connectivity index (χ4n) is 2.54. The van der Waals surface area contributed by atoms with E-state index in [9.17, 15) is 9.59 Å². The standard InChI is InChI=1S/C19H18O4/c20-16(14-5-2-1-3-6-14)7-4-8-17(21)15-9-10-18-19(13-15)23-12-11-22-18/h1-3,5-6,9-10,13H,4,7-8,11-12H2. The Kier molecular flexibility index (Phi) is 4.71. The summed E-state index contributed by atoms with van der Waals surface area (Å²) in [5.74, 6) is 1.37. The molecule has 3 rings (SSSR count). The van der Waals surface area contributed by atoms with Gasteiger partial charge in [-0.2, -0.15) is 0 Å². The van der Waals surface area contributed by atoms with Gasteiger partial charge in [0.1, 0.15) is 13.2 Å². The van der Waals surface area contributed by atoms with Crippen molar-refractivity contribution in [3.63, 3.8) is 0 Å². The summed E-state index contributed by atoms with van der Waals surface area (Å²) in [5, 5.41) is 0. The van der Waals surface area contributed by atoms with E-state index in [0.717, 1.165) is 0 Å². The number of rotatable bonds is 6. The predicted molar refractivity (Wildman–Crippen MR) is 86.4 cm³/mol. The zero-order chi connectivity index (χ0) is 16.1. The van der Waals surface area contributed by atoms with Crippen molar-refractivity contribution in [2.75, 3.05) is 13.2 Å². The number of hydrogen-bond donors (Lipinski definition) is 0. The fraction of sp³-hybridized carbons (Fsp3) is 0.263. The van der Waals surface area contributed by atoms with Gasteiger partial charge in [0, 0.05) is 24.0 Å². The van der Waals surface area contributed by atoms with E-state index in [0.29, 0.717) is 55.1 Å². The van der Waals surface area contributed by atoms with Gasteiger partial charge in [-0.25, -0.2) is 0 Å². The minimum Gasteiger partial charge on any atom is -0.486 e. The lowest BCUT2D eigenvalue weighted by Crippen LogP contribution is -2.15. The first-order chi connectivity index (χ1) is 11.2. The van der Waals surface area contributed by atoms with Crippen LogP contribution in [-0.2, 0) is 0 Å². The summed E-state index contributed by atoms with van der Waals surface area (Å²) in [6, 6.07) is 14.4. The molecule has 1 heterocycles. The van der Waals surface area contributed by atoms with Crippen molar-refractivity contribution in [3.8, 4) is 11.5 Å². The smallest absolute Gasteiger partial charge is 0.163 e. The molecule has 2 aromatic carbocycles. The first-order valence-electron chi connectivity index (χ1n) is 7.75. The zero-order valence-electron chi connectivity index (χ0n) is 12.8. The summed E-state index contributed by atoms with van der Waals surface area (Å²) in [6.07, 6.45) is 1.26. The topological polar surface area (TPSA) is 52.6 Å². The minimum absolute atomic E-state index is 0.0165. The molecule has 118 valence electrons. The van der Waals surface area contributed by atoms with Crippen LogP contribution in [0.25, 0.3) is 0 Å². The molecule has 1 aliphatic heterocycles. The summed E-state index contributed by atoms with van der Waals surface area (Å²) in [4.78, 5) is 24.2. The number of fused-ring (bicyclic) bond motifs is 1. The highest BCUT2D eigenvalue weighted by molar-refractivity contribution is 5.98. The second-order valence-corrected chi connectivity index (χ2v) is 5.42. The zero-order valence-corrected chi connectivity index (χ0v) is 12.8. The van der Waals surface area contributed by atoms with Crippen LogP contribution in [0.1, 0.15) is 40.0 Å². The van der Waals surface area contributed by atoms with Crippen LogP contribution in [0.2, 0.25) is 0 Å². The minimum atomic E-state index is 0.0165. The van der Waals surface area contributed by atoms with Crippen molar-refractivity contribution in [2.24, 2.45) is 0 Å². The molecule has 0 saturated heterocycles. The lowest BCUT2D eigenvalue weighted by atomic mass is 10.0. The Morgan fingerprint density at radius 1 is 0.783 bits per heavy atom. The van der Waals surface area contributed by atoms with Crippen molar-refractivity contribution >= 4 is 11.6 Å². The molecule has 0 bridgehead atoms. The quantitative estimate of drug-likeness (QED) is 0.764. The molecule has 4 nitrogen and oxygen atoms in total. The van der Waals surface area contributed by atoms with E-state index in [4.69, 9.17) is 9.47 Å². The summed E-state index contributed by atoms with van der Waals surface area (Å²) in [7, 11) is 0. The van der Waals surface area contributed by atoms with Crippen molar-refractivity contribution in [3.05, 3.63) is 59.7 Å². The molecule has 0 amide bonds. The third kappa shape index (κ3) is 3.77. The molecule has 0 aromatic heterocycles. The van der Waals surface area contributed by atoms with E-state index in [-0.39, 0.29) is 11.6 Å². The lowest BCUT2D eigenvalue weighted by Gasteiger charge is -2.18. The van der Waals surface area contributed by atoms with Gasteiger partial charge in [0.2, 0.25) is 0 Å². The number of Topliss-reactive ketones (excluding diaryl/α,β-unsaturated/α-hetero) is 2. The highest BCUT2D eigenvalue weighted by Gasteiger charge is 2.15. The molecule has 0 radical (unpaired) electrons. The van der Waals surface area contributed by atoms with Gasteiger partial charge >= 0.3 is 0 Å². The number of hydrogen-bond acceptors (Lipinski definition) is 4. The van der Waals surface area contributed by atoms with Crippen molar-refractivity contribution in [1.82, 2.24) is 0 Å². The van der Waals surface area contributed by atoms with Crippen LogP contribution in [0.15, 0.2) is 48.5 Å². The monoisotopic (exact) mass is 310 g/mol. The largest absolute Gasteiger partial charge is 0.486 e. The average molecular weight is 310 g/mol. The average Bonchev–Trinajstić information content (AvgIpc) is 2.61. The van der Waals surface area contributed by atoms with Crippen LogP contribution >= 0.6 is 0 Å². The van der Waals surface area contributed by atoms with Gasteiger partial charge in [-0.1, -0.05) is 30.3 Å². The van der Waals surface area contributed by atoms with Crippen molar-refractivity contribution in [1.29, 1.82) is 0 Å². The van der Waals surface area contributed by atoms with E-state index in [1.165, 1.54) is 0 Å². The van der Waals surface area contributed by atoms with Gasteiger partial charge in [0.25, 0.3) is 0 Å². The normalized spacial score (nSPS) is 12.7. The molecule has 0 N–H and O–H groups in total. The van der Waals surface area contributed by atoms with Gasteiger partial charge in [0.15, 0.2) is 23.1 Å². The molecule has 1 aliphatic rings. The lowest BCUT2D eigenvalue weighted by molar-refractivity contribution is 0.0956. The third-order valence-corrected chi connectivity index (χ3v) is 3.77. The Morgan fingerprint density at radius 2 is 1.43 bits per heavy atom. The number of benzene rings is 2. The first kappa shape index (κ1) is 15.3. The van der Waals surface area contributed by atoms with Crippen LogP contribution in [0, 0.1) is 0 Å². The van der Waals surface area contributed by atoms with Gasteiger partial charge in [0.05, 0.1) is 0 Å².